The number of benzene rings is 1. The van der Waals surface area contributed by atoms with E-state index in [1.807, 2.05) is 19.1 Å². The summed E-state index contributed by atoms with van der Waals surface area (Å²) < 4.78 is 0.740. The SMILES string of the molecule is Cc1ccc(Br)c(NC(=O)C2CC(C(=O)O)=NO2)c1. The molecule has 0 aromatic heterocycles. The van der Waals surface area contributed by atoms with Gasteiger partial charge >= 0.3 is 5.97 Å². The summed E-state index contributed by atoms with van der Waals surface area (Å²) in [7, 11) is 0. The predicted octanol–water partition coefficient (Wildman–Crippen LogP) is 1.93. The summed E-state index contributed by atoms with van der Waals surface area (Å²) in [5.74, 6) is -1.60. The number of carbonyl (C=O) groups excluding carboxylic acids is 1. The van der Waals surface area contributed by atoms with Crippen molar-refractivity contribution in [1.29, 1.82) is 0 Å². The Balaban J connectivity index is 2.03. The van der Waals surface area contributed by atoms with Gasteiger partial charge in [0.1, 0.15) is 0 Å². The molecule has 1 aromatic carbocycles. The molecule has 1 heterocycles. The number of halogens is 1. The fraction of sp³-hybridized carbons (Fsp3) is 0.250. The van der Waals surface area contributed by atoms with Crippen molar-refractivity contribution in [3.8, 4) is 0 Å². The van der Waals surface area contributed by atoms with Crippen LogP contribution in [0.15, 0.2) is 27.8 Å². The molecule has 1 unspecified atom stereocenters. The Labute approximate surface area is 117 Å². The first-order valence-electron chi connectivity index (χ1n) is 5.50. The number of carboxylic acids is 1. The molecular weight excluding hydrogens is 316 g/mol. The number of amides is 1. The number of aliphatic carboxylic acids is 1. The number of nitrogens with one attached hydrogen (secondary N) is 1. The van der Waals surface area contributed by atoms with E-state index in [4.69, 9.17) is 9.94 Å². The third-order valence-electron chi connectivity index (χ3n) is 2.59. The van der Waals surface area contributed by atoms with Crippen LogP contribution in [0.3, 0.4) is 0 Å². The molecule has 100 valence electrons. The van der Waals surface area contributed by atoms with E-state index < -0.39 is 18.0 Å². The fourth-order valence-corrected chi connectivity index (χ4v) is 1.94. The summed E-state index contributed by atoms with van der Waals surface area (Å²) in [6, 6.07) is 5.52. The highest BCUT2D eigenvalue weighted by Crippen LogP contribution is 2.24. The number of carboxylic acid groups (broad SMARTS) is 1. The second-order valence-corrected chi connectivity index (χ2v) is 4.97. The second kappa shape index (κ2) is 5.40. The van der Waals surface area contributed by atoms with Gasteiger partial charge in [-0.2, -0.15) is 0 Å². The number of aryl methyl sites for hydroxylation is 1. The van der Waals surface area contributed by atoms with Crippen molar-refractivity contribution in [2.45, 2.75) is 19.4 Å². The van der Waals surface area contributed by atoms with Crippen molar-refractivity contribution in [3.05, 3.63) is 28.2 Å². The van der Waals surface area contributed by atoms with E-state index in [1.165, 1.54) is 0 Å². The highest BCUT2D eigenvalue weighted by molar-refractivity contribution is 9.10. The zero-order valence-corrected chi connectivity index (χ0v) is 11.6. The van der Waals surface area contributed by atoms with Gasteiger partial charge in [-0.3, -0.25) is 4.79 Å². The van der Waals surface area contributed by atoms with Crippen LogP contribution in [-0.4, -0.2) is 28.8 Å². The summed E-state index contributed by atoms with van der Waals surface area (Å²) in [5, 5.41) is 14.8. The number of hydrogen-bond acceptors (Lipinski definition) is 4. The van der Waals surface area contributed by atoms with Gasteiger partial charge in [-0.15, -0.1) is 0 Å². The summed E-state index contributed by atoms with van der Waals surface area (Å²) in [4.78, 5) is 27.4. The molecule has 1 aliphatic heterocycles. The summed E-state index contributed by atoms with van der Waals surface area (Å²) in [6.07, 6.45) is -0.941. The Morgan fingerprint density at radius 3 is 2.89 bits per heavy atom. The summed E-state index contributed by atoms with van der Waals surface area (Å²) in [6.45, 7) is 1.90. The molecule has 0 bridgehead atoms. The Morgan fingerprint density at radius 1 is 1.53 bits per heavy atom. The van der Waals surface area contributed by atoms with Crippen LogP contribution in [0.4, 0.5) is 5.69 Å². The molecule has 2 N–H and O–H groups in total. The van der Waals surface area contributed by atoms with Crippen molar-refractivity contribution in [1.82, 2.24) is 0 Å². The third kappa shape index (κ3) is 3.11. The van der Waals surface area contributed by atoms with Gasteiger partial charge in [0.25, 0.3) is 5.91 Å². The van der Waals surface area contributed by atoms with Gasteiger partial charge in [0.05, 0.1) is 5.69 Å². The number of nitrogens with zero attached hydrogens (tertiary/aromatic N) is 1. The second-order valence-electron chi connectivity index (χ2n) is 4.11. The maximum Gasteiger partial charge on any atom is 0.353 e. The van der Waals surface area contributed by atoms with E-state index in [9.17, 15) is 9.59 Å². The molecule has 0 radical (unpaired) electrons. The van der Waals surface area contributed by atoms with Gasteiger partial charge in [0.15, 0.2) is 5.71 Å². The predicted molar refractivity (Wildman–Crippen MR) is 72.1 cm³/mol. The first-order valence-corrected chi connectivity index (χ1v) is 6.29. The molecule has 0 saturated carbocycles. The van der Waals surface area contributed by atoms with Crippen LogP contribution < -0.4 is 5.32 Å². The number of oxime groups is 1. The lowest BCUT2D eigenvalue weighted by atomic mass is 10.1. The lowest BCUT2D eigenvalue weighted by molar-refractivity contribution is -0.129. The molecule has 6 nitrogen and oxygen atoms in total. The number of rotatable bonds is 3. The smallest absolute Gasteiger partial charge is 0.353 e. The minimum atomic E-state index is -1.17. The molecule has 0 fully saturated rings. The quantitative estimate of drug-likeness (QED) is 0.888. The van der Waals surface area contributed by atoms with Crippen LogP contribution in [0.2, 0.25) is 0 Å². The zero-order chi connectivity index (χ0) is 14.0. The Morgan fingerprint density at radius 2 is 2.26 bits per heavy atom. The zero-order valence-electron chi connectivity index (χ0n) is 10.0. The minimum absolute atomic E-state index is 0.0371. The van der Waals surface area contributed by atoms with Crippen molar-refractivity contribution < 1.29 is 19.5 Å². The Bertz CT molecular complexity index is 571. The van der Waals surface area contributed by atoms with Gasteiger partial charge in [0.2, 0.25) is 6.10 Å². The van der Waals surface area contributed by atoms with Gasteiger partial charge in [0, 0.05) is 10.9 Å². The Hall–Kier alpha value is -1.89. The molecule has 0 saturated heterocycles. The monoisotopic (exact) mass is 326 g/mol. The Kier molecular flexibility index (Phi) is 3.84. The van der Waals surface area contributed by atoms with Crippen LogP contribution in [0.5, 0.6) is 0 Å². The normalized spacial score (nSPS) is 17.6. The van der Waals surface area contributed by atoms with E-state index in [0.29, 0.717) is 5.69 Å². The first kappa shape index (κ1) is 13.5. The number of carbonyl (C=O) groups is 2. The first-order chi connectivity index (χ1) is 8.97. The van der Waals surface area contributed by atoms with E-state index in [-0.39, 0.29) is 12.1 Å². The topological polar surface area (TPSA) is 88.0 Å². The maximum atomic E-state index is 11.9. The highest BCUT2D eigenvalue weighted by Gasteiger charge is 2.31. The fourth-order valence-electron chi connectivity index (χ4n) is 1.59. The highest BCUT2D eigenvalue weighted by atomic mass is 79.9. The molecule has 1 atom stereocenters. The standard InChI is InChI=1S/C12H11BrN2O4/c1-6-2-3-7(13)8(4-6)14-11(16)10-5-9(12(17)18)15-19-10/h2-4,10H,5H2,1H3,(H,14,16)(H,17,18). The van der Waals surface area contributed by atoms with E-state index in [2.05, 4.69) is 26.4 Å². The van der Waals surface area contributed by atoms with Crippen LogP contribution in [-0.2, 0) is 14.4 Å². The maximum absolute atomic E-state index is 11.9. The molecule has 0 aliphatic carbocycles. The molecule has 2 rings (SSSR count). The molecule has 0 spiro atoms. The average Bonchev–Trinajstić information content (AvgIpc) is 2.83. The van der Waals surface area contributed by atoms with E-state index in [0.717, 1.165) is 10.0 Å². The van der Waals surface area contributed by atoms with Crippen molar-refractivity contribution in [2.24, 2.45) is 5.16 Å². The van der Waals surface area contributed by atoms with Gasteiger partial charge < -0.3 is 15.3 Å². The van der Waals surface area contributed by atoms with Crippen LogP contribution in [0.25, 0.3) is 0 Å². The van der Waals surface area contributed by atoms with Crippen LogP contribution >= 0.6 is 15.9 Å². The van der Waals surface area contributed by atoms with Gasteiger partial charge in [-0.05, 0) is 40.5 Å². The lowest BCUT2D eigenvalue weighted by Gasteiger charge is -2.11. The van der Waals surface area contributed by atoms with Crippen LogP contribution in [0.1, 0.15) is 12.0 Å². The molecule has 1 aliphatic rings. The minimum Gasteiger partial charge on any atom is -0.477 e. The van der Waals surface area contributed by atoms with Gasteiger partial charge in [-0.25, -0.2) is 4.79 Å². The van der Waals surface area contributed by atoms with E-state index in [1.54, 1.807) is 6.07 Å². The lowest BCUT2D eigenvalue weighted by Crippen LogP contribution is -2.29. The third-order valence-corrected chi connectivity index (χ3v) is 3.28. The summed E-state index contributed by atoms with van der Waals surface area (Å²) >= 11 is 3.32. The van der Waals surface area contributed by atoms with E-state index >= 15 is 0 Å². The average molecular weight is 327 g/mol. The van der Waals surface area contributed by atoms with Crippen molar-refractivity contribution in [3.63, 3.8) is 0 Å². The molecular formula is C12H11BrN2O4. The molecule has 19 heavy (non-hydrogen) atoms. The molecule has 1 amide bonds. The number of anilines is 1. The van der Waals surface area contributed by atoms with Crippen molar-refractivity contribution in [2.75, 3.05) is 5.32 Å². The molecule has 7 heteroatoms. The van der Waals surface area contributed by atoms with Crippen LogP contribution in [0, 0.1) is 6.92 Å². The number of hydrogen-bond donors (Lipinski definition) is 2. The largest absolute Gasteiger partial charge is 0.477 e. The van der Waals surface area contributed by atoms with Crippen molar-refractivity contribution >= 4 is 39.2 Å². The van der Waals surface area contributed by atoms with Gasteiger partial charge in [-0.1, -0.05) is 11.2 Å². The molecule has 1 aromatic rings. The summed E-state index contributed by atoms with van der Waals surface area (Å²) in [5.41, 5.74) is 1.45.